The minimum absolute atomic E-state index is 0.218. The molecule has 0 bridgehead atoms. The summed E-state index contributed by atoms with van der Waals surface area (Å²) in [5.41, 5.74) is -0.153. The quantitative estimate of drug-likeness (QED) is 0.0692. The number of rotatable bonds is 8. The van der Waals surface area contributed by atoms with E-state index in [0.717, 1.165) is 0 Å². The molecule has 0 saturated heterocycles. The normalized spacial score (nSPS) is 10.7. The summed E-state index contributed by atoms with van der Waals surface area (Å²) in [7, 11) is 0. The highest BCUT2D eigenvalue weighted by atomic mass is 16.5. The topological polar surface area (TPSA) is 85.2 Å². The van der Waals surface area contributed by atoms with Gasteiger partial charge >= 0.3 is 0 Å². The lowest BCUT2D eigenvalue weighted by Crippen LogP contribution is -2.25. The first-order valence-electron chi connectivity index (χ1n) is 12.9. The highest BCUT2D eigenvalue weighted by Crippen LogP contribution is 2.34. The summed E-state index contributed by atoms with van der Waals surface area (Å²) < 4.78 is 12.1. The van der Waals surface area contributed by atoms with Gasteiger partial charge in [-0.3, -0.25) is 9.59 Å². The van der Waals surface area contributed by atoms with Crippen LogP contribution < -0.4 is 9.47 Å². The molecular formula is C35H23NO5. The molecule has 0 unspecified atom stereocenters. The molecule has 6 rings (SSSR count). The number of nitrogens with zero attached hydrogens (tertiary/aromatic N) is 1. The first-order valence-corrected chi connectivity index (χ1v) is 12.9. The predicted octanol–water partition coefficient (Wildman–Crippen LogP) is 8.47. The van der Waals surface area contributed by atoms with E-state index in [0.29, 0.717) is 44.5 Å². The van der Waals surface area contributed by atoms with Crippen molar-refractivity contribution in [1.29, 1.82) is 0 Å². The standard InChI is InChI=1S/C35H23NO5/c37-34(29-19-21-31(27-17-9-7-15-25(27)29)40-23-11-3-1-4-12-23)33(36-39)35(38)30-20-22-32(28-18-10-8-16-26(28)30)41-24-13-5-2-6-14-24/h1-22,39H. The average molecular weight is 538 g/mol. The van der Waals surface area contributed by atoms with Gasteiger partial charge in [-0.25, -0.2) is 0 Å². The van der Waals surface area contributed by atoms with Crippen molar-refractivity contribution in [3.8, 4) is 23.0 Å². The maximum Gasteiger partial charge on any atom is 0.219 e. The molecule has 0 atom stereocenters. The van der Waals surface area contributed by atoms with Gasteiger partial charge < -0.3 is 14.7 Å². The number of oxime groups is 1. The second kappa shape index (κ2) is 11.2. The van der Waals surface area contributed by atoms with E-state index in [1.807, 2.05) is 84.9 Å². The van der Waals surface area contributed by atoms with Gasteiger partial charge in [-0.1, -0.05) is 90.1 Å². The number of hydrogen-bond acceptors (Lipinski definition) is 6. The van der Waals surface area contributed by atoms with Gasteiger partial charge in [0.05, 0.1) is 0 Å². The Balaban J connectivity index is 1.37. The molecule has 0 spiro atoms. The van der Waals surface area contributed by atoms with E-state index in [9.17, 15) is 14.8 Å². The van der Waals surface area contributed by atoms with Crippen molar-refractivity contribution in [2.75, 3.05) is 0 Å². The summed E-state index contributed by atoms with van der Waals surface area (Å²) in [6.07, 6.45) is 0. The monoisotopic (exact) mass is 537 g/mol. The molecule has 0 aliphatic carbocycles. The molecule has 0 amide bonds. The zero-order valence-corrected chi connectivity index (χ0v) is 21.7. The number of fused-ring (bicyclic) bond motifs is 2. The van der Waals surface area contributed by atoms with E-state index >= 15 is 0 Å². The van der Waals surface area contributed by atoms with E-state index in [1.165, 1.54) is 0 Å². The molecule has 0 fully saturated rings. The molecule has 0 aliphatic rings. The minimum atomic E-state index is -0.700. The Morgan fingerprint density at radius 1 is 0.463 bits per heavy atom. The van der Waals surface area contributed by atoms with Crippen LogP contribution in [0, 0.1) is 0 Å². The Labute approximate surface area is 235 Å². The first kappa shape index (κ1) is 25.5. The van der Waals surface area contributed by atoms with Crippen molar-refractivity contribution in [1.82, 2.24) is 0 Å². The maximum atomic E-state index is 13.7. The summed E-state index contributed by atoms with van der Waals surface area (Å²) >= 11 is 0. The van der Waals surface area contributed by atoms with Crippen LogP contribution in [0.2, 0.25) is 0 Å². The second-order valence-electron chi connectivity index (χ2n) is 9.25. The second-order valence-corrected chi connectivity index (χ2v) is 9.25. The van der Waals surface area contributed by atoms with E-state index in [4.69, 9.17) is 9.47 Å². The molecule has 6 aromatic rings. The zero-order valence-electron chi connectivity index (χ0n) is 21.7. The summed E-state index contributed by atoms with van der Waals surface area (Å²) in [6.45, 7) is 0. The highest BCUT2D eigenvalue weighted by molar-refractivity contribution is 6.73. The van der Waals surface area contributed by atoms with Crippen molar-refractivity contribution in [3.63, 3.8) is 0 Å². The number of hydrogen-bond donors (Lipinski definition) is 1. The molecular weight excluding hydrogens is 514 g/mol. The van der Waals surface area contributed by atoms with Crippen molar-refractivity contribution in [2.24, 2.45) is 5.16 Å². The van der Waals surface area contributed by atoms with Crippen molar-refractivity contribution in [2.45, 2.75) is 0 Å². The lowest BCUT2D eigenvalue weighted by molar-refractivity contribution is 0.101. The van der Waals surface area contributed by atoms with Crippen LogP contribution in [-0.4, -0.2) is 22.5 Å². The van der Waals surface area contributed by atoms with Crippen molar-refractivity contribution < 1.29 is 24.3 Å². The number of Topliss-reactive ketones (excluding diaryl/α,β-unsaturated/α-hetero) is 2. The lowest BCUT2D eigenvalue weighted by Gasteiger charge is -2.14. The van der Waals surface area contributed by atoms with Gasteiger partial charge in [-0.15, -0.1) is 0 Å². The van der Waals surface area contributed by atoms with Gasteiger partial charge in [-0.05, 0) is 59.3 Å². The number of carbonyl (C=O) groups is 2. The fourth-order valence-corrected chi connectivity index (χ4v) is 4.80. The van der Waals surface area contributed by atoms with Crippen LogP contribution in [0.25, 0.3) is 21.5 Å². The molecule has 198 valence electrons. The van der Waals surface area contributed by atoms with Crippen LogP contribution in [0.5, 0.6) is 23.0 Å². The first-order chi connectivity index (χ1) is 20.1. The van der Waals surface area contributed by atoms with Crippen LogP contribution in [-0.2, 0) is 0 Å². The van der Waals surface area contributed by atoms with Crippen LogP contribution in [0.15, 0.2) is 139 Å². The Kier molecular flexibility index (Phi) is 6.95. The van der Waals surface area contributed by atoms with Crippen LogP contribution >= 0.6 is 0 Å². The lowest BCUT2D eigenvalue weighted by atomic mass is 9.92. The molecule has 6 nitrogen and oxygen atoms in total. The zero-order chi connectivity index (χ0) is 28.2. The van der Waals surface area contributed by atoms with E-state index < -0.39 is 17.3 Å². The van der Waals surface area contributed by atoms with Crippen LogP contribution in [0.4, 0.5) is 0 Å². The van der Waals surface area contributed by atoms with Crippen molar-refractivity contribution in [3.05, 3.63) is 145 Å². The van der Waals surface area contributed by atoms with Crippen molar-refractivity contribution >= 4 is 38.8 Å². The molecule has 6 heteroatoms. The molecule has 0 radical (unpaired) electrons. The van der Waals surface area contributed by atoms with Gasteiger partial charge in [0.15, 0.2) is 5.71 Å². The number of para-hydroxylation sites is 2. The Bertz CT molecular complexity index is 1790. The number of ketones is 2. The van der Waals surface area contributed by atoms with Gasteiger partial charge in [0, 0.05) is 21.9 Å². The van der Waals surface area contributed by atoms with E-state index in [-0.39, 0.29) is 11.1 Å². The minimum Gasteiger partial charge on any atom is -0.457 e. The van der Waals surface area contributed by atoms with Gasteiger partial charge in [0.1, 0.15) is 23.0 Å². The number of ether oxygens (including phenoxy) is 2. The van der Waals surface area contributed by atoms with E-state index in [1.54, 1.807) is 48.5 Å². The fourth-order valence-electron chi connectivity index (χ4n) is 4.80. The Morgan fingerprint density at radius 3 is 1.22 bits per heavy atom. The summed E-state index contributed by atoms with van der Waals surface area (Å²) in [4.78, 5) is 27.5. The smallest absolute Gasteiger partial charge is 0.219 e. The molecule has 0 heterocycles. The third-order valence-corrected chi connectivity index (χ3v) is 6.73. The predicted molar refractivity (Wildman–Crippen MR) is 159 cm³/mol. The molecule has 0 aliphatic heterocycles. The van der Waals surface area contributed by atoms with Crippen LogP contribution in [0.3, 0.4) is 0 Å². The van der Waals surface area contributed by atoms with Crippen LogP contribution in [0.1, 0.15) is 20.7 Å². The Morgan fingerprint density at radius 2 is 0.829 bits per heavy atom. The molecule has 1 N–H and O–H groups in total. The number of benzene rings is 6. The molecule has 41 heavy (non-hydrogen) atoms. The summed E-state index contributed by atoms with van der Waals surface area (Å²) in [5, 5.41) is 15.6. The fraction of sp³-hybridized carbons (Fsp3) is 0. The highest BCUT2D eigenvalue weighted by Gasteiger charge is 2.28. The largest absolute Gasteiger partial charge is 0.457 e. The van der Waals surface area contributed by atoms with Gasteiger partial charge in [-0.2, -0.15) is 0 Å². The average Bonchev–Trinajstić information content (AvgIpc) is 3.02. The summed E-state index contributed by atoms with van der Waals surface area (Å²) in [6, 6.07) is 39.6. The number of carbonyl (C=O) groups excluding carboxylic acids is 2. The SMILES string of the molecule is O=C(C(=NO)C(=O)c1ccc(Oc2ccccc2)c2ccccc12)c1ccc(Oc2ccccc2)c2ccccc12. The third-order valence-electron chi connectivity index (χ3n) is 6.73. The summed E-state index contributed by atoms with van der Waals surface area (Å²) in [5.74, 6) is 1.00. The Hall–Kier alpha value is -5.75. The third kappa shape index (κ3) is 5.02. The van der Waals surface area contributed by atoms with Gasteiger partial charge in [0.2, 0.25) is 11.6 Å². The van der Waals surface area contributed by atoms with Gasteiger partial charge in [0.25, 0.3) is 0 Å². The molecule has 0 aromatic heterocycles. The maximum absolute atomic E-state index is 13.7. The molecule has 6 aromatic carbocycles. The molecule has 0 saturated carbocycles. The van der Waals surface area contributed by atoms with E-state index in [2.05, 4.69) is 5.16 Å².